The van der Waals surface area contributed by atoms with E-state index >= 15 is 0 Å². The van der Waals surface area contributed by atoms with E-state index in [1.807, 2.05) is 12.4 Å². The molecule has 0 aromatic carbocycles. The Bertz CT molecular complexity index is 259. The lowest BCUT2D eigenvalue weighted by Crippen LogP contribution is -2.21. The van der Waals surface area contributed by atoms with Crippen molar-refractivity contribution >= 4 is 0 Å². The molecule has 0 aliphatic rings. The number of hydrogen-bond acceptors (Lipinski definition) is 3. The number of aromatic nitrogens is 2. The van der Waals surface area contributed by atoms with E-state index in [0.29, 0.717) is 6.04 Å². The molecule has 1 aromatic heterocycles. The van der Waals surface area contributed by atoms with Crippen LogP contribution >= 0.6 is 0 Å². The first-order valence-corrected chi connectivity index (χ1v) is 5.72. The first-order valence-electron chi connectivity index (χ1n) is 5.72. The third-order valence-corrected chi connectivity index (χ3v) is 2.47. The molecule has 15 heavy (non-hydrogen) atoms. The molecule has 0 aliphatic heterocycles. The molecule has 84 valence electrons. The zero-order chi connectivity index (χ0) is 11.1. The minimum atomic E-state index is 0.401. The van der Waals surface area contributed by atoms with E-state index in [4.69, 9.17) is 0 Å². The van der Waals surface area contributed by atoms with Crippen molar-refractivity contribution in [3.8, 4) is 0 Å². The Morgan fingerprint density at radius 2 is 1.87 bits per heavy atom. The van der Waals surface area contributed by atoms with Crippen LogP contribution in [-0.2, 0) is 0 Å². The molecule has 3 nitrogen and oxygen atoms in total. The van der Waals surface area contributed by atoms with Crippen LogP contribution in [0, 0.1) is 5.92 Å². The smallest absolute Gasteiger partial charge is 0.115 e. The van der Waals surface area contributed by atoms with Gasteiger partial charge in [-0.25, -0.2) is 9.97 Å². The second kappa shape index (κ2) is 6.51. The molecule has 1 unspecified atom stereocenters. The molecule has 3 heteroatoms. The van der Waals surface area contributed by atoms with Gasteiger partial charge in [-0.15, -0.1) is 0 Å². The van der Waals surface area contributed by atoms with Crippen molar-refractivity contribution in [3.05, 3.63) is 24.3 Å². The predicted molar refractivity (Wildman–Crippen MR) is 62.5 cm³/mol. The number of nitrogens with one attached hydrogen (secondary N) is 1. The Kier molecular flexibility index (Phi) is 5.26. The second-order valence-electron chi connectivity index (χ2n) is 4.25. The minimum Gasteiger partial charge on any atom is -0.310 e. The highest BCUT2D eigenvalue weighted by atomic mass is 14.9. The van der Waals surface area contributed by atoms with Gasteiger partial charge in [-0.05, 0) is 25.3 Å². The summed E-state index contributed by atoms with van der Waals surface area (Å²) in [6.45, 7) is 7.62. The monoisotopic (exact) mass is 207 g/mol. The van der Waals surface area contributed by atoms with E-state index in [0.717, 1.165) is 18.9 Å². The SMILES string of the molecule is CCNC(CCC(C)C)c1cncnc1. The van der Waals surface area contributed by atoms with Crippen LogP contribution < -0.4 is 5.32 Å². The summed E-state index contributed by atoms with van der Waals surface area (Å²) in [6, 6.07) is 0.401. The van der Waals surface area contributed by atoms with Crippen molar-refractivity contribution < 1.29 is 0 Å². The minimum absolute atomic E-state index is 0.401. The molecule has 0 bridgehead atoms. The summed E-state index contributed by atoms with van der Waals surface area (Å²) < 4.78 is 0. The van der Waals surface area contributed by atoms with Crippen LogP contribution in [0.5, 0.6) is 0 Å². The molecule has 1 rings (SSSR count). The molecule has 0 radical (unpaired) electrons. The van der Waals surface area contributed by atoms with Crippen LogP contribution in [0.3, 0.4) is 0 Å². The Labute approximate surface area is 92.3 Å². The molecular formula is C12H21N3. The fourth-order valence-corrected chi connectivity index (χ4v) is 1.62. The Morgan fingerprint density at radius 3 is 2.40 bits per heavy atom. The summed E-state index contributed by atoms with van der Waals surface area (Å²) >= 11 is 0. The lowest BCUT2D eigenvalue weighted by atomic mass is 9.99. The summed E-state index contributed by atoms with van der Waals surface area (Å²) in [5, 5.41) is 3.47. The standard InChI is InChI=1S/C12H21N3/c1-4-15-12(6-5-10(2)3)11-7-13-9-14-8-11/h7-10,12,15H,4-6H2,1-3H3. The molecule has 1 aromatic rings. The first-order chi connectivity index (χ1) is 7.24. The van der Waals surface area contributed by atoms with Gasteiger partial charge in [0.25, 0.3) is 0 Å². The highest BCUT2D eigenvalue weighted by Gasteiger charge is 2.10. The van der Waals surface area contributed by atoms with Gasteiger partial charge in [0, 0.05) is 24.0 Å². The van der Waals surface area contributed by atoms with Gasteiger partial charge in [0.1, 0.15) is 6.33 Å². The molecule has 0 saturated heterocycles. The van der Waals surface area contributed by atoms with Gasteiger partial charge < -0.3 is 5.32 Å². The van der Waals surface area contributed by atoms with Crippen molar-refractivity contribution in [1.82, 2.24) is 15.3 Å². The van der Waals surface area contributed by atoms with Crippen molar-refractivity contribution in [2.75, 3.05) is 6.54 Å². The van der Waals surface area contributed by atoms with E-state index in [9.17, 15) is 0 Å². The molecule has 0 spiro atoms. The highest BCUT2D eigenvalue weighted by molar-refractivity contribution is 5.08. The van der Waals surface area contributed by atoms with Gasteiger partial charge in [-0.1, -0.05) is 20.8 Å². The summed E-state index contributed by atoms with van der Waals surface area (Å²) in [5.41, 5.74) is 1.19. The van der Waals surface area contributed by atoms with Crippen LogP contribution in [0.25, 0.3) is 0 Å². The molecule has 0 fully saturated rings. The first kappa shape index (κ1) is 12.1. The quantitative estimate of drug-likeness (QED) is 0.779. The van der Waals surface area contributed by atoms with E-state index in [2.05, 4.69) is 36.1 Å². The molecule has 0 amide bonds. The maximum atomic E-state index is 4.06. The van der Waals surface area contributed by atoms with Gasteiger partial charge in [-0.3, -0.25) is 0 Å². The third kappa shape index (κ3) is 4.38. The molecule has 1 atom stereocenters. The maximum Gasteiger partial charge on any atom is 0.115 e. The molecule has 0 saturated carbocycles. The van der Waals surface area contributed by atoms with Crippen LogP contribution in [0.2, 0.25) is 0 Å². The van der Waals surface area contributed by atoms with Crippen LogP contribution in [0.15, 0.2) is 18.7 Å². The largest absolute Gasteiger partial charge is 0.310 e. The van der Waals surface area contributed by atoms with Crippen molar-refractivity contribution in [2.24, 2.45) is 5.92 Å². The highest BCUT2D eigenvalue weighted by Crippen LogP contribution is 2.19. The fourth-order valence-electron chi connectivity index (χ4n) is 1.62. The van der Waals surface area contributed by atoms with Gasteiger partial charge >= 0.3 is 0 Å². The van der Waals surface area contributed by atoms with Gasteiger partial charge in [0.15, 0.2) is 0 Å². The molecule has 0 aliphatic carbocycles. The maximum absolute atomic E-state index is 4.06. The zero-order valence-corrected chi connectivity index (χ0v) is 9.90. The Morgan fingerprint density at radius 1 is 1.20 bits per heavy atom. The summed E-state index contributed by atoms with van der Waals surface area (Å²) in [6.07, 6.45) is 7.77. The Balaban J connectivity index is 2.57. The van der Waals surface area contributed by atoms with Crippen molar-refractivity contribution in [1.29, 1.82) is 0 Å². The van der Waals surface area contributed by atoms with Crippen molar-refractivity contribution in [3.63, 3.8) is 0 Å². The van der Waals surface area contributed by atoms with Crippen LogP contribution in [0.1, 0.15) is 45.2 Å². The summed E-state index contributed by atoms with van der Waals surface area (Å²) in [4.78, 5) is 8.13. The van der Waals surface area contributed by atoms with E-state index in [1.165, 1.54) is 12.0 Å². The summed E-state index contributed by atoms with van der Waals surface area (Å²) in [7, 11) is 0. The van der Waals surface area contributed by atoms with E-state index in [-0.39, 0.29) is 0 Å². The normalized spacial score (nSPS) is 13.1. The lowest BCUT2D eigenvalue weighted by Gasteiger charge is -2.18. The van der Waals surface area contributed by atoms with Crippen LogP contribution in [-0.4, -0.2) is 16.5 Å². The molecular weight excluding hydrogens is 186 g/mol. The van der Waals surface area contributed by atoms with Gasteiger partial charge in [-0.2, -0.15) is 0 Å². The van der Waals surface area contributed by atoms with E-state index in [1.54, 1.807) is 6.33 Å². The third-order valence-electron chi connectivity index (χ3n) is 2.47. The average Bonchev–Trinajstić information content (AvgIpc) is 2.25. The fraction of sp³-hybridized carbons (Fsp3) is 0.667. The van der Waals surface area contributed by atoms with Crippen LogP contribution in [0.4, 0.5) is 0 Å². The van der Waals surface area contributed by atoms with Gasteiger partial charge in [0.2, 0.25) is 0 Å². The average molecular weight is 207 g/mol. The molecule has 1 N–H and O–H groups in total. The lowest BCUT2D eigenvalue weighted by molar-refractivity contribution is 0.447. The Hall–Kier alpha value is -0.960. The number of rotatable bonds is 6. The number of nitrogens with zero attached hydrogens (tertiary/aromatic N) is 2. The topological polar surface area (TPSA) is 37.8 Å². The zero-order valence-electron chi connectivity index (χ0n) is 9.90. The van der Waals surface area contributed by atoms with Crippen molar-refractivity contribution in [2.45, 2.75) is 39.7 Å². The van der Waals surface area contributed by atoms with Gasteiger partial charge in [0.05, 0.1) is 0 Å². The summed E-state index contributed by atoms with van der Waals surface area (Å²) in [5.74, 6) is 0.746. The second-order valence-corrected chi connectivity index (χ2v) is 4.25. The molecule has 1 heterocycles. The number of hydrogen-bond donors (Lipinski definition) is 1. The van der Waals surface area contributed by atoms with E-state index < -0.39 is 0 Å². The predicted octanol–water partition coefficient (Wildman–Crippen LogP) is 2.56.